The Kier molecular flexibility index (Phi) is 6.44. The highest BCUT2D eigenvalue weighted by atomic mass is 32.2. The van der Waals surface area contributed by atoms with Crippen molar-refractivity contribution in [3.8, 4) is 0 Å². The number of nitrogens with zero attached hydrogens (tertiary/aromatic N) is 1. The summed E-state index contributed by atoms with van der Waals surface area (Å²) in [5.41, 5.74) is -0.337. The van der Waals surface area contributed by atoms with Gasteiger partial charge in [0.2, 0.25) is 10.0 Å². The topological polar surface area (TPSA) is 86.7 Å². The number of sulfonamides is 1. The van der Waals surface area contributed by atoms with Crippen molar-refractivity contribution in [3.63, 3.8) is 0 Å². The second-order valence-electron chi connectivity index (χ2n) is 6.82. The second kappa shape index (κ2) is 8.70. The largest absolute Gasteiger partial charge is 0.389 e. The quantitative estimate of drug-likeness (QED) is 0.708. The molecule has 30 heavy (non-hydrogen) atoms. The molecule has 1 amide bonds. The zero-order valence-electron chi connectivity index (χ0n) is 15.5. The summed E-state index contributed by atoms with van der Waals surface area (Å²) in [4.78, 5) is 11.6. The van der Waals surface area contributed by atoms with Crippen LogP contribution in [0.3, 0.4) is 0 Å². The average molecular weight is 446 g/mol. The number of alkyl halides is 1. The van der Waals surface area contributed by atoms with Gasteiger partial charge in [-0.25, -0.2) is 26.0 Å². The van der Waals surface area contributed by atoms with E-state index in [0.29, 0.717) is 0 Å². The first-order valence-electron chi connectivity index (χ1n) is 8.98. The number of aliphatic hydroxyl groups excluding tert-OH is 1. The van der Waals surface area contributed by atoms with E-state index >= 15 is 0 Å². The van der Waals surface area contributed by atoms with E-state index in [1.807, 2.05) is 0 Å². The van der Waals surface area contributed by atoms with Gasteiger partial charge in [0.1, 0.15) is 16.9 Å². The fourth-order valence-corrected chi connectivity index (χ4v) is 4.63. The Bertz CT molecular complexity index is 1060. The van der Waals surface area contributed by atoms with E-state index in [0.717, 1.165) is 40.7 Å². The third-order valence-corrected chi connectivity index (χ3v) is 6.56. The van der Waals surface area contributed by atoms with Crippen LogP contribution in [0.4, 0.5) is 23.2 Å². The van der Waals surface area contributed by atoms with E-state index in [2.05, 4.69) is 5.32 Å². The first kappa shape index (κ1) is 22.2. The summed E-state index contributed by atoms with van der Waals surface area (Å²) in [5, 5.41) is 12.0. The lowest BCUT2D eigenvalue weighted by molar-refractivity contribution is 0.0710. The molecule has 2 atom stereocenters. The van der Waals surface area contributed by atoms with E-state index in [1.54, 1.807) is 0 Å². The average Bonchev–Trinajstić information content (AvgIpc) is 2.86. The van der Waals surface area contributed by atoms with Crippen LogP contribution in [0.5, 0.6) is 0 Å². The number of carbonyl (C=O) groups excluding carboxylic acids is 1. The van der Waals surface area contributed by atoms with Gasteiger partial charge in [0.25, 0.3) is 5.91 Å². The Labute approximate surface area is 170 Å². The molecule has 11 heteroatoms. The lowest BCUT2D eigenvalue weighted by Crippen LogP contribution is -2.39. The van der Waals surface area contributed by atoms with Crippen molar-refractivity contribution in [2.24, 2.45) is 0 Å². The molecule has 2 aromatic carbocycles. The van der Waals surface area contributed by atoms with Gasteiger partial charge in [-0.05, 0) is 43.2 Å². The van der Waals surface area contributed by atoms with Gasteiger partial charge in [-0.2, -0.15) is 4.31 Å². The van der Waals surface area contributed by atoms with Crippen LogP contribution in [-0.2, 0) is 10.0 Å². The van der Waals surface area contributed by atoms with Crippen molar-refractivity contribution in [2.45, 2.75) is 30.0 Å². The van der Waals surface area contributed by atoms with Crippen molar-refractivity contribution in [3.05, 3.63) is 59.4 Å². The highest BCUT2D eigenvalue weighted by Crippen LogP contribution is 2.25. The minimum absolute atomic E-state index is 0.0354. The zero-order chi connectivity index (χ0) is 22.1. The van der Waals surface area contributed by atoms with Gasteiger partial charge in [0, 0.05) is 30.4 Å². The van der Waals surface area contributed by atoms with Gasteiger partial charge in [-0.3, -0.25) is 4.79 Å². The molecule has 0 bridgehead atoms. The molecule has 0 spiro atoms. The number of amides is 1. The molecule has 0 aliphatic carbocycles. The minimum Gasteiger partial charge on any atom is -0.389 e. The summed E-state index contributed by atoms with van der Waals surface area (Å²) in [6, 6.07) is 5.24. The molecule has 1 saturated heterocycles. The number of β-amino-alcohol motifs (C(OH)–C–C–N with tert-alkyl or cyclic N) is 1. The zero-order valence-corrected chi connectivity index (χ0v) is 16.3. The van der Waals surface area contributed by atoms with E-state index in [4.69, 9.17) is 0 Å². The molecule has 1 heterocycles. The van der Waals surface area contributed by atoms with Gasteiger partial charge < -0.3 is 10.4 Å². The third-order valence-electron chi connectivity index (χ3n) is 4.68. The smallest absolute Gasteiger partial charge is 0.255 e. The number of rotatable bonds is 4. The molecule has 0 unspecified atom stereocenters. The lowest BCUT2D eigenvalue weighted by Gasteiger charge is -2.22. The van der Waals surface area contributed by atoms with Crippen LogP contribution in [-0.4, -0.2) is 49.1 Å². The fraction of sp³-hybridized carbons (Fsp3) is 0.316. The molecule has 1 aliphatic heterocycles. The van der Waals surface area contributed by atoms with Gasteiger partial charge in [-0.15, -0.1) is 0 Å². The number of halogens is 4. The van der Waals surface area contributed by atoms with Crippen LogP contribution < -0.4 is 5.32 Å². The monoisotopic (exact) mass is 446 g/mol. The maximum absolute atomic E-state index is 14.3. The van der Waals surface area contributed by atoms with Gasteiger partial charge in [-0.1, -0.05) is 0 Å². The predicted octanol–water partition coefficient (Wildman–Crippen LogP) is 2.84. The van der Waals surface area contributed by atoms with E-state index in [1.165, 1.54) is 0 Å². The van der Waals surface area contributed by atoms with Crippen LogP contribution in [0, 0.1) is 17.5 Å². The van der Waals surface area contributed by atoms with Crippen molar-refractivity contribution in [2.75, 3.05) is 18.4 Å². The number of nitrogens with one attached hydrogen (secondary N) is 1. The van der Waals surface area contributed by atoms with Gasteiger partial charge in [0.05, 0.1) is 6.10 Å². The summed E-state index contributed by atoms with van der Waals surface area (Å²) in [6.45, 7) is -0.668. The molecular formula is C19H18F4N2O4S. The van der Waals surface area contributed by atoms with E-state index in [9.17, 15) is 35.9 Å². The molecule has 1 fully saturated rings. The Morgan fingerprint density at radius 3 is 2.47 bits per heavy atom. The summed E-state index contributed by atoms with van der Waals surface area (Å²) in [6.07, 6.45) is -3.05. The van der Waals surface area contributed by atoms with Crippen molar-refractivity contribution >= 4 is 21.6 Å². The van der Waals surface area contributed by atoms with Crippen LogP contribution in [0.2, 0.25) is 0 Å². The van der Waals surface area contributed by atoms with Gasteiger partial charge >= 0.3 is 0 Å². The molecule has 1 aliphatic rings. The Morgan fingerprint density at radius 1 is 1.07 bits per heavy atom. The molecule has 2 N–H and O–H groups in total. The van der Waals surface area contributed by atoms with Crippen LogP contribution in [0.15, 0.2) is 41.3 Å². The van der Waals surface area contributed by atoms with Crippen molar-refractivity contribution in [1.82, 2.24) is 4.31 Å². The number of hydrogen-bond donors (Lipinski definition) is 2. The third kappa shape index (κ3) is 4.63. The molecule has 2 aromatic rings. The first-order valence-corrected chi connectivity index (χ1v) is 10.4. The lowest BCUT2D eigenvalue weighted by atomic mass is 10.1. The Morgan fingerprint density at radius 2 is 1.77 bits per heavy atom. The minimum atomic E-state index is -4.47. The van der Waals surface area contributed by atoms with Crippen LogP contribution in [0.1, 0.15) is 23.2 Å². The predicted molar refractivity (Wildman–Crippen MR) is 99.6 cm³/mol. The van der Waals surface area contributed by atoms with Crippen molar-refractivity contribution in [1.29, 1.82) is 0 Å². The number of aliphatic hydroxyl groups is 1. The van der Waals surface area contributed by atoms with E-state index < -0.39 is 57.1 Å². The van der Waals surface area contributed by atoms with Crippen molar-refractivity contribution < 1.29 is 35.9 Å². The van der Waals surface area contributed by atoms with Crippen LogP contribution >= 0.6 is 0 Å². The number of hydrogen-bond acceptors (Lipinski definition) is 4. The first-order chi connectivity index (χ1) is 14.1. The molecule has 0 saturated carbocycles. The molecular weight excluding hydrogens is 428 g/mol. The summed E-state index contributed by atoms with van der Waals surface area (Å²) >= 11 is 0. The molecule has 162 valence electrons. The molecule has 0 aromatic heterocycles. The van der Waals surface area contributed by atoms with E-state index in [-0.39, 0.29) is 30.6 Å². The maximum Gasteiger partial charge on any atom is 0.255 e. The molecule has 3 rings (SSSR count). The van der Waals surface area contributed by atoms with Gasteiger partial charge in [0.15, 0.2) is 11.6 Å². The fourth-order valence-electron chi connectivity index (χ4n) is 3.05. The Balaban J connectivity index is 1.88. The summed E-state index contributed by atoms with van der Waals surface area (Å²) in [5.74, 6) is -4.31. The molecule has 0 radical (unpaired) electrons. The summed E-state index contributed by atoms with van der Waals surface area (Å²) < 4.78 is 80.8. The van der Waals surface area contributed by atoms with Crippen LogP contribution in [0.25, 0.3) is 0 Å². The number of carbonyl (C=O) groups is 1. The standard InChI is InChI=1S/C19H18F4N2O4S/c20-13-6-4-12(9-16(13)23)24-19(27)11-3-5-15(22)18(8-11)30(28,29)25-7-1-2-14(21)17(26)10-25/h3-6,8-9,14,17,26H,1-2,7,10H2,(H,24,27)/t14-,17+/m0/s1. The Hall–Kier alpha value is -2.50. The summed E-state index contributed by atoms with van der Waals surface area (Å²) in [7, 11) is -4.47. The number of anilines is 1. The SMILES string of the molecule is O=C(Nc1ccc(F)c(F)c1)c1ccc(F)c(S(=O)(=O)N2CCC[C@H](F)[C@H](O)C2)c1. The maximum atomic E-state index is 14.3. The normalized spacial score (nSPS) is 20.6. The second-order valence-corrected chi connectivity index (χ2v) is 8.72. The highest BCUT2D eigenvalue weighted by Gasteiger charge is 2.34. The highest BCUT2D eigenvalue weighted by molar-refractivity contribution is 7.89. The molecule has 6 nitrogen and oxygen atoms in total. The number of benzene rings is 2.